The Labute approximate surface area is 164 Å². The van der Waals surface area contributed by atoms with Crippen LogP contribution in [0, 0.1) is 19.7 Å². The molecule has 0 heterocycles. The number of rotatable bonds is 5. The lowest BCUT2D eigenvalue weighted by molar-refractivity contribution is -0.118. The van der Waals surface area contributed by atoms with Gasteiger partial charge in [0.15, 0.2) is 6.61 Å². The number of hydrogen-bond donors (Lipinski definition) is 2. The molecule has 2 rings (SSSR count). The number of carbonyl (C=O) groups excluding carboxylic acids is 2. The standard InChI is InChI=1S/C21H25FN2O4/c1-13-6-9-18(14(2)10-13)27-12-19(25)23-15-7-8-16(22)17(11-15)24-20(26)28-21(3,4)5/h6-11H,12H2,1-5H3,(H,23,25)(H,24,26). The fourth-order valence-corrected chi connectivity index (χ4v) is 2.41. The zero-order valence-corrected chi connectivity index (χ0v) is 16.7. The lowest BCUT2D eigenvalue weighted by Gasteiger charge is -2.20. The van der Waals surface area contributed by atoms with Crippen molar-refractivity contribution in [2.75, 3.05) is 17.2 Å². The van der Waals surface area contributed by atoms with Crippen LogP contribution in [0.5, 0.6) is 5.75 Å². The highest BCUT2D eigenvalue weighted by Gasteiger charge is 2.18. The van der Waals surface area contributed by atoms with Crippen molar-refractivity contribution in [2.45, 2.75) is 40.2 Å². The van der Waals surface area contributed by atoms with Gasteiger partial charge < -0.3 is 14.8 Å². The molecule has 150 valence electrons. The van der Waals surface area contributed by atoms with E-state index in [4.69, 9.17) is 9.47 Å². The van der Waals surface area contributed by atoms with Crippen LogP contribution in [0.4, 0.5) is 20.6 Å². The van der Waals surface area contributed by atoms with Crippen molar-refractivity contribution in [3.63, 3.8) is 0 Å². The maximum absolute atomic E-state index is 13.9. The predicted molar refractivity (Wildman–Crippen MR) is 106 cm³/mol. The molecule has 2 aromatic rings. The zero-order chi connectivity index (χ0) is 20.9. The van der Waals surface area contributed by atoms with E-state index >= 15 is 0 Å². The van der Waals surface area contributed by atoms with Gasteiger partial charge in [-0.05, 0) is 64.4 Å². The summed E-state index contributed by atoms with van der Waals surface area (Å²) < 4.78 is 24.6. The second kappa shape index (κ2) is 8.73. The number of hydrogen-bond acceptors (Lipinski definition) is 4. The molecule has 28 heavy (non-hydrogen) atoms. The second-order valence-electron chi connectivity index (χ2n) is 7.43. The molecular weight excluding hydrogens is 363 g/mol. The number of amides is 2. The number of carbonyl (C=O) groups is 2. The third-order valence-electron chi connectivity index (χ3n) is 3.57. The Morgan fingerprint density at radius 1 is 1.04 bits per heavy atom. The SMILES string of the molecule is Cc1ccc(OCC(=O)Nc2ccc(F)c(NC(=O)OC(C)(C)C)c2)c(C)c1. The first-order chi connectivity index (χ1) is 13.0. The Hall–Kier alpha value is -3.09. The molecule has 0 bridgehead atoms. The van der Waals surface area contributed by atoms with Crippen molar-refractivity contribution in [3.8, 4) is 5.75 Å². The van der Waals surface area contributed by atoms with Crippen molar-refractivity contribution >= 4 is 23.4 Å². The molecule has 2 amide bonds. The lowest BCUT2D eigenvalue weighted by atomic mass is 10.1. The lowest BCUT2D eigenvalue weighted by Crippen LogP contribution is -2.27. The minimum absolute atomic E-state index is 0.0950. The Bertz CT molecular complexity index is 875. The molecule has 0 saturated carbocycles. The van der Waals surface area contributed by atoms with E-state index in [1.165, 1.54) is 12.1 Å². The normalized spacial score (nSPS) is 10.9. The molecule has 0 aromatic heterocycles. The van der Waals surface area contributed by atoms with Gasteiger partial charge in [-0.25, -0.2) is 9.18 Å². The number of ether oxygens (including phenoxy) is 2. The summed E-state index contributed by atoms with van der Waals surface area (Å²) >= 11 is 0. The van der Waals surface area contributed by atoms with Crippen LogP contribution < -0.4 is 15.4 Å². The Morgan fingerprint density at radius 3 is 2.39 bits per heavy atom. The average Bonchev–Trinajstić information content (AvgIpc) is 2.55. The van der Waals surface area contributed by atoms with Gasteiger partial charge in [-0.2, -0.15) is 0 Å². The van der Waals surface area contributed by atoms with E-state index in [-0.39, 0.29) is 12.3 Å². The van der Waals surface area contributed by atoms with Crippen LogP contribution in [0.25, 0.3) is 0 Å². The van der Waals surface area contributed by atoms with E-state index in [9.17, 15) is 14.0 Å². The number of aryl methyl sites for hydroxylation is 2. The highest BCUT2D eigenvalue weighted by atomic mass is 19.1. The van der Waals surface area contributed by atoms with E-state index in [0.29, 0.717) is 11.4 Å². The molecule has 0 saturated heterocycles. The molecule has 0 aliphatic carbocycles. The van der Waals surface area contributed by atoms with Crippen LogP contribution in [-0.4, -0.2) is 24.2 Å². The van der Waals surface area contributed by atoms with Gasteiger partial charge in [0.25, 0.3) is 5.91 Å². The quantitative estimate of drug-likeness (QED) is 0.771. The number of anilines is 2. The highest BCUT2D eigenvalue weighted by molar-refractivity contribution is 5.93. The van der Waals surface area contributed by atoms with Crippen molar-refractivity contribution in [1.82, 2.24) is 0 Å². The predicted octanol–water partition coefficient (Wildman–Crippen LogP) is 4.81. The summed E-state index contributed by atoms with van der Waals surface area (Å²) in [4.78, 5) is 23.9. The summed E-state index contributed by atoms with van der Waals surface area (Å²) in [5.41, 5.74) is 1.55. The number of halogens is 1. The zero-order valence-electron chi connectivity index (χ0n) is 16.7. The van der Waals surface area contributed by atoms with Crippen molar-refractivity contribution in [1.29, 1.82) is 0 Å². The van der Waals surface area contributed by atoms with E-state index in [1.54, 1.807) is 26.8 Å². The summed E-state index contributed by atoms with van der Waals surface area (Å²) in [5.74, 6) is -0.433. The van der Waals surface area contributed by atoms with Crippen LogP contribution in [0.3, 0.4) is 0 Å². The summed E-state index contributed by atoms with van der Waals surface area (Å²) in [6.07, 6.45) is -0.784. The largest absolute Gasteiger partial charge is 0.483 e. The van der Waals surface area contributed by atoms with Gasteiger partial charge in [-0.3, -0.25) is 10.1 Å². The monoisotopic (exact) mass is 388 g/mol. The third-order valence-corrected chi connectivity index (χ3v) is 3.57. The number of benzene rings is 2. The van der Waals surface area contributed by atoms with E-state index in [0.717, 1.165) is 17.2 Å². The minimum Gasteiger partial charge on any atom is -0.483 e. The van der Waals surface area contributed by atoms with Crippen LogP contribution >= 0.6 is 0 Å². The Balaban J connectivity index is 1.98. The van der Waals surface area contributed by atoms with Gasteiger partial charge in [0.05, 0.1) is 5.69 Å². The topological polar surface area (TPSA) is 76.7 Å². The van der Waals surface area contributed by atoms with Gasteiger partial charge in [0.1, 0.15) is 17.2 Å². The molecule has 2 N–H and O–H groups in total. The maximum atomic E-state index is 13.9. The Morgan fingerprint density at radius 2 is 1.75 bits per heavy atom. The molecule has 0 unspecified atom stereocenters. The van der Waals surface area contributed by atoms with E-state index in [1.807, 2.05) is 26.0 Å². The molecule has 0 aliphatic heterocycles. The first-order valence-electron chi connectivity index (χ1n) is 8.83. The summed E-state index contributed by atoms with van der Waals surface area (Å²) in [7, 11) is 0. The second-order valence-corrected chi connectivity index (χ2v) is 7.43. The fourth-order valence-electron chi connectivity index (χ4n) is 2.41. The van der Waals surface area contributed by atoms with Gasteiger partial charge in [-0.15, -0.1) is 0 Å². The smallest absolute Gasteiger partial charge is 0.412 e. The van der Waals surface area contributed by atoms with Gasteiger partial charge in [0, 0.05) is 5.69 Å². The molecule has 0 radical (unpaired) electrons. The highest BCUT2D eigenvalue weighted by Crippen LogP contribution is 2.21. The molecule has 0 fully saturated rings. The average molecular weight is 388 g/mol. The van der Waals surface area contributed by atoms with E-state index < -0.39 is 23.4 Å². The summed E-state index contributed by atoms with van der Waals surface area (Å²) in [5, 5.41) is 4.94. The minimum atomic E-state index is -0.784. The van der Waals surface area contributed by atoms with Crippen molar-refractivity contribution < 1.29 is 23.5 Å². The van der Waals surface area contributed by atoms with Crippen LogP contribution in [0.2, 0.25) is 0 Å². The molecule has 2 aromatic carbocycles. The summed E-state index contributed by atoms with van der Waals surface area (Å²) in [6, 6.07) is 9.52. The first kappa shape index (κ1) is 21.2. The van der Waals surface area contributed by atoms with Crippen molar-refractivity contribution in [2.24, 2.45) is 0 Å². The van der Waals surface area contributed by atoms with Crippen molar-refractivity contribution in [3.05, 3.63) is 53.3 Å². The maximum Gasteiger partial charge on any atom is 0.412 e. The van der Waals surface area contributed by atoms with Gasteiger partial charge >= 0.3 is 6.09 Å². The molecule has 0 atom stereocenters. The van der Waals surface area contributed by atoms with Crippen LogP contribution in [0.1, 0.15) is 31.9 Å². The fraction of sp³-hybridized carbons (Fsp3) is 0.333. The van der Waals surface area contributed by atoms with E-state index in [2.05, 4.69) is 10.6 Å². The molecule has 0 aliphatic rings. The van der Waals surface area contributed by atoms with Crippen LogP contribution in [0.15, 0.2) is 36.4 Å². The first-order valence-corrected chi connectivity index (χ1v) is 8.83. The van der Waals surface area contributed by atoms with Gasteiger partial charge in [0.2, 0.25) is 0 Å². The van der Waals surface area contributed by atoms with Crippen LogP contribution in [-0.2, 0) is 9.53 Å². The summed E-state index contributed by atoms with van der Waals surface area (Å²) in [6.45, 7) is 8.78. The molecule has 0 spiro atoms. The number of nitrogens with one attached hydrogen (secondary N) is 2. The molecular formula is C21H25FN2O4. The molecule has 7 heteroatoms. The Kier molecular flexibility index (Phi) is 6.62. The third kappa shape index (κ3) is 6.57. The van der Waals surface area contributed by atoms with Gasteiger partial charge in [-0.1, -0.05) is 17.7 Å². The molecule has 6 nitrogen and oxygen atoms in total.